The van der Waals surface area contributed by atoms with Crippen LogP contribution in [0, 0.1) is 0 Å². The lowest BCUT2D eigenvalue weighted by Crippen LogP contribution is -3.16. The summed E-state index contributed by atoms with van der Waals surface area (Å²) >= 11 is 0. The van der Waals surface area contributed by atoms with Crippen LogP contribution in [0.5, 0.6) is 5.75 Å². The van der Waals surface area contributed by atoms with Crippen molar-refractivity contribution in [3.63, 3.8) is 0 Å². The van der Waals surface area contributed by atoms with Crippen molar-refractivity contribution in [1.82, 2.24) is 5.32 Å². The zero-order chi connectivity index (χ0) is 20.8. The van der Waals surface area contributed by atoms with E-state index in [1.165, 1.54) is 10.5 Å². The molecule has 2 aliphatic heterocycles. The molecule has 6 nitrogen and oxygen atoms in total. The maximum Gasteiger partial charge on any atom is 0.275 e. The molecule has 2 fully saturated rings. The highest BCUT2D eigenvalue weighted by Crippen LogP contribution is 2.27. The standard InChI is InChI=1S/C24H32N4O2/c1-30-23-10-6-5-9-22(23)28-15-13-26(14-16-28)19-24(29)25-21-11-12-27(18-21)17-20-7-3-2-4-8-20/h2-10,21H,11-19H2,1H3,(H,25,29)/p+2/t21-/m1/s1. The van der Waals surface area contributed by atoms with E-state index < -0.39 is 0 Å². The minimum Gasteiger partial charge on any atom is -0.495 e. The van der Waals surface area contributed by atoms with Crippen LogP contribution in [-0.2, 0) is 11.3 Å². The van der Waals surface area contributed by atoms with Crippen molar-refractivity contribution in [3.05, 3.63) is 60.2 Å². The van der Waals surface area contributed by atoms with Crippen molar-refractivity contribution in [2.75, 3.05) is 57.8 Å². The Morgan fingerprint density at radius 3 is 2.53 bits per heavy atom. The lowest BCUT2D eigenvalue weighted by molar-refractivity contribution is -0.901. The largest absolute Gasteiger partial charge is 0.495 e. The Labute approximate surface area is 179 Å². The summed E-state index contributed by atoms with van der Waals surface area (Å²) in [6.45, 7) is 7.61. The van der Waals surface area contributed by atoms with Gasteiger partial charge in [-0.3, -0.25) is 4.79 Å². The van der Waals surface area contributed by atoms with E-state index in [0.29, 0.717) is 12.6 Å². The van der Waals surface area contributed by atoms with Gasteiger partial charge in [0.05, 0.1) is 58.1 Å². The van der Waals surface area contributed by atoms with Crippen LogP contribution >= 0.6 is 0 Å². The number of nitrogens with one attached hydrogen (secondary N) is 3. The molecule has 0 saturated carbocycles. The topological polar surface area (TPSA) is 50.5 Å². The van der Waals surface area contributed by atoms with E-state index in [1.54, 1.807) is 12.0 Å². The molecule has 0 aromatic heterocycles. The Balaban J connectivity index is 1.19. The van der Waals surface area contributed by atoms with Crippen LogP contribution < -0.4 is 24.8 Å². The van der Waals surface area contributed by atoms with E-state index in [4.69, 9.17) is 4.74 Å². The van der Waals surface area contributed by atoms with E-state index in [2.05, 4.69) is 52.7 Å². The Morgan fingerprint density at radius 1 is 1.03 bits per heavy atom. The monoisotopic (exact) mass is 410 g/mol. The van der Waals surface area contributed by atoms with Gasteiger partial charge >= 0.3 is 0 Å². The predicted octanol–water partition coefficient (Wildman–Crippen LogP) is -0.626. The zero-order valence-electron chi connectivity index (χ0n) is 17.9. The molecular formula is C24H34N4O2+2. The average molecular weight is 411 g/mol. The van der Waals surface area contributed by atoms with E-state index in [9.17, 15) is 4.79 Å². The third-order valence-electron chi connectivity index (χ3n) is 6.35. The molecule has 4 rings (SSSR count). The first-order chi connectivity index (χ1) is 14.7. The Kier molecular flexibility index (Phi) is 6.87. The zero-order valence-corrected chi connectivity index (χ0v) is 17.9. The molecule has 1 amide bonds. The molecule has 2 aromatic carbocycles. The van der Waals surface area contributed by atoms with Crippen molar-refractivity contribution in [1.29, 1.82) is 0 Å². The Hall–Kier alpha value is -2.57. The highest BCUT2D eigenvalue weighted by molar-refractivity contribution is 5.77. The molecule has 6 heteroatoms. The van der Waals surface area contributed by atoms with Gasteiger partial charge in [-0.1, -0.05) is 42.5 Å². The first-order valence-electron chi connectivity index (χ1n) is 11.1. The van der Waals surface area contributed by atoms with Crippen molar-refractivity contribution < 1.29 is 19.3 Å². The maximum absolute atomic E-state index is 12.6. The molecule has 2 aliphatic rings. The molecular weight excluding hydrogens is 376 g/mol. The number of hydrogen-bond donors (Lipinski definition) is 3. The first kappa shape index (κ1) is 20.7. The van der Waals surface area contributed by atoms with E-state index >= 15 is 0 Å². The van der Waals surface area contributed by atoms with Gasteiger partial charge in [0.2, 0.25) is 0 Å². The third kappa shape index (κ3) is 5.32. The van der Waals surface area contributed by atoms with Gasteiger partial charge in [-0.2, -0.15) is 0 Å². The molecule has 0 aliphatic carbocycles. The van der Waals surface area contributed by atoms with Crippen LogP contribution in [0.3, 0.4) is 0 Å². The quantitative estimate of drug-likeness (QED) is 0.570. The summed E-state index contributed by atoms with van der Waals surface area (Å²) in [6.07, 6.45) is 1.07. The Bertz CT molecular complexity index is 821. The number of benzene rings is 2. The van der Waals surface area contributed by atoms with Crippen molar-refractivity contribution in [2.45, 2.75) is 19.0 Å². The number of carbonyl (C=O) groups excluding carboxylic acids is 1. The van der Waals surface area contributed by atoms with Gasteiger partial charge in [-0.15, -0.1) is 0 Å². The van der Waals surface area contributed by atoms with E-state index in [-0.39, 0.29) is 5.91 Å². The fourth-order valence-electron chi connectivity index (χ4n) is 4.74. The van der Waals surface area contributed by atoms with Crippen LogP contribution in [0.4, 0.5) is 5.69 Å². The minimum atomic E-state index is 0.196. The SMILES string of the molecule is COc1ccccc1N1CC[NH+](CC(=O)N[C@@H]2CC[NH+](Cc3ccccc3)C2)CC1. The number of carbonyl (C=O) groups is 1. The third-order valence-corrected chi connectivity index (χ3v) is 6.35. The van der Waals surface area contributed by atoms with Crippen molar-refractivity contribution in [3.8, 4) is 5.75 Å². The van der Waals surface area contributed by atoms with Crippen molar-refractivity contribution in [2.24, 2.45) is 0 Å². The van der Waals surface area contributed by atoms with Crippen molar-refractivity contribution >= 4 is 11.6 Å². The summed E-state index contributed by atoms with van der Waals surface area (Å²) in [7, 11) is 1.72. The summed E-state index contributed by atoms with van der Waals surface area (Å²) in [6, 6.07) is 19.1. The number of piperazine rings is 1. The second-order valence-corrected chi connectivity index (χ2v) is 8.51. The normalized spacial score (nSPS) is 22.1. The molecule has 2 atom stereocenters. The molecule has 2 aromatic rings. The molecule has 2 heterocycles. The first-order valence-corrected chi connectivity index (χ1v) is 11.1. The number of rotatable bonds is 7. The average Bonchev–Trinajstić information content (AvgIpc) is 3.21. The van der Waals surface area contributed by atoms with Gasteiger partial charge in [-0.05, 0) is 12.1 Å². The van der Waals surface area contributed by atoms with E-state index in [1.807, 2.05) is 12.1 Å². The van der Waals surface area contributed by atoms with Crippen LogP contribution in [0.2, 0.25) is 0 Å². The number of para-hydroxylation sites is 2. The number of amides is 1. The molecule has 0 spiro atoms. The number of likely N-dealkylation sites (tertiary alicyclic amines) is 1. The van der Waals surface area contributed by atoms with Crippen LogP contribution in [-0.4, -0.2) is 64.9 Å². The molecule has 30 heavy (non-hydrogen) atoms. The van der Waals surface area contributed by atoms with Crippen LogP contribution in [0.1, 0.15) is 12.0 Å². The summed E-state index contributed by atoms with van der Waals surface area (Å²) in [5.74, 6) is 1.11. The Morgan fingerprint density at radius 2 is 1.77 bits per heavy atom. The number of methoxy groups -OCH3 is 1. The maximum atomic E-state index is 12.6. The smallest absolute Gasteiger partial charge is 0.275 e. The molecule has 2 saturated heterocycles. The number of quaternary nitrogens is 2. The number of nitrogens with zero attached hydrogens (tertiary/aromatic N) is 1. The fourth-order valence-corrected chi connectivity index (χ4v) is 4.74. The molecule has 160 valence electrons. The molecule has 3 N–H and O–H groups in total. The second kappa shape index (κ2) is 9.96. The number of anilines is 1. The lowest BCUT2D eigenvalue weighted by atomic mass is 10.2. The number of ether oxygens (including phenoxy) is 1. The van der Waals surface area contributed by atoms with Crippen LogP contribution in [0.15, 0.2) is 54.6 Å². The molecule has 0 bridgehead atoms. The van der Waals surface area contributed by atoms with Gasteiger partial charge in [-0.25, -0.2) is 0 Å². The highest BCUT2D eigenvalue weighted by atomic mass is 16.5. The van der Waals surface area contributed by atoms with E-state index in [0.717, 1.165) is 63.7 Å². The molecule has 0 radical (unpaired) electrons. The van der Waals surface area contributed by atoms with Gasteiger partial charge in [0.1, 0.15) is 12.3 Å². The van der Waals surface area contributed by atoms with Gasteiger partial charge in [0.25, 0.3) is 5.91 Å². The number of hydrogen-bond acceptors (Lipinski definition) is 3. The summed E-state index contributed by atoms with van der Waals surface area (Å²) < 4.78 is 5.50. The van der Waals surface area contributed by atoms with Crippen LogP contribution in [0.25, 0.3) is 0 Å². The van der Waals surface area contributed by atoms with Gasteiger partial charge in [0.15, 0.2) is 6.54 Å². The molecule has 1 unspecified atom stereocenters. The summed E-state index contributed by atoms with van der Waals surface area (Å²) in [5.41, 5.74) is 2.52. The minimum absolute atomic E-state index is 0.196. The van der Waals surface area contributed by atoms with Gasteiger partial charge < -0.3 is 24.8 Å². The van der Waals surface area contributed by atoms with Gasteiger partial charge in [0, 0.05) is 12.0 Å². The predicted molar refractivity (Wildman–Crippen MR) is 118 cm³/mol. The second-order valence-electron chi connectivity index (χ2n) is 8.51. The summed E-state index contributed by atoms with van der Waals surface area (Å²) in [5, 5.41) is 3.29. The summed E-state index contributed by atoms with van der Waals surface area (Å²) in [4.78, 5) is 17.9. The fraction of sp³-hybridized carbons (Fsp3) is 0.458. The highest BCUT2D eigenvalue weighted by Gasteiger charge is 2.29. The lowest BCUT2D eigenvalue weighted by Gasteiger charge is -2.34.